The lowest BCUT2D eigenvalue weighted by molar-refractivity contribution is 0.102. The number of carbonyl (C=O) groups is 1. The first-order valence-corrected chi connectivity index (χ1v) is 10.2. The van der Waals surface area contributed by atoms with Crippen molar-refractivity contribution < 1.29 is 13.9 Å². The van der Waals surface area contributed by atoms with E-state index in [0.29, 0.717) is 22.7 Å². The van der Waals surface area contributed by atoms with Crippen LogP contribution in [0.2, 0.25) is 0 Å². The number of amides is 1. The van der Waals surface area contributed by atoms with E-state index in [9.17, 15) is 4.79 Å². The summed E-state index contributed by atoms with van der Waals surface area (Å²) in [6.07, 6.45) is 1.64. The number of carbonyl (C=O) groups excluding carboxylic acids is 1. The molecule has 0 spiro atoms. The van der Waals surface area contributed by atoms with Crippen molar-refractivity contribution in [1.29, 1.82) is 0 Å². The summed E-state index contributed by atoms with van der Waals surface area (Å²) in [4.78, 5) is 17.5. The number of hydrogen-bond acceptors (Lipinski definition) is 5. The number of fused-ring (bicyclic) bond motifs is 2. The first-order chi connectivity index (χ1) is 15.6. The van der Waals surface area contributed by atoms with Crippen LogP contribution in [0, 0.1) is 6.92 Å². The first-order valence-electron chi connectivity index (χ1n) is 10.2. The Balaban J connectivity index is 0.00000259. The van der Waals surface area contributed by atoms with Crippen molar-refractivity contribution >= 4 is 51.6 Å². The number of nitrogens with zero attached hydrogens (tertiary/aromatic N) is 1. The van der Waals surface area contributed by atoms with E-state index in [-0.39, 0.29) is 24.9 Å². The number of aryl methyl sites for hydroxylation is 1. The van der Waals surface area contributed by atoms with Crippen LogP contribution >= 0.6 is 12.4 Å². The van der Waals surface area contributed by atoms with E-state index in [0.717, 1.165) is 33.1 Å². The summed E-state index contributed by atoms with van der Waals surface area (Å²) in [6, 6.07) is 22.3. The van der Waals surface area contributed by atoms with E-state index in [1.807, 2.05) is 73.7 Å². The summed E-state index contributed by atoms with van der Waals surface area (Å²) in [5.74, 6) is 0.495. The molecule has 3 N–H and O–H groups in total. The molecule has 0 aliphatic heterocycles. The molecule has 0 saturated heterocycles. The van der Waals surface area contributed by atoms with Crippen LogP contribution in [0.3, 0.4) is 0 Å². The number of halogens is 1. The third kappa shape index (κ3) is 4.61. The van der Waals surface area contributed by atoms with Crippen LogP contribution in [-0.2, 0) is 6.61 Å². The van der Waals surface area contributed by atoms with Gasteiger partial charge in [-0.2, -0.15) is 0 Å². The van der Waals surface area contributed by atoms with Crippen molar-refractivity contribution in [1.82, 2.24) is 4.98 Å². The van der Waals surface area contributed by atoms with E-state index in [2.05, 4.69) is 10.3 Å². The van der Waals surface area contributed by atoms with Crippen LogP contribution in [0.1, 0.15) is 21.6 Å². The number of anilines is 2. The van der Waals surface area contributed by atoms with Crippen LogP contribution in [0.25, 0.3) is 21.9 Å². The molecule has 0 bridgehead atoms. The number of nitrogen functional groups attached to an aromatic ring is 1. The molecule has 5 aromatic rings. The minimum Gasteiger partial charge on any atom is -0.489 e. The number of nitrogens with two attached hydrogens (primary N) is 1. The van der Waals surface area contributed by atoms with E-state index < -0.39 is 0 Å². The summed E-state index contributed by atoms with van der Waals surface area (Å²) in [5, 5.41) is 4.73. The topological polar surface area (TPSA) is 90.4 Å². The highest BCUT2D eigenvalue weighted by Crippen LogP contribution is 2.25. The van der Waals surface area contributed by atoms with Gasteiger partial charge in [0, 0.05) is 39.0 Å². The molecule has 0 aliphatic carbocycles. The fourth-order valence-electron chi connectivity index (χ4n) is 3.73. The van der Waals surface area contributed by atoms with Crippen molar-refractivity contribution in [3.05, 3.63) is 95.9 Å². The zero-order valence-corrected chi connectivity index (χ0v) is 18.7. The fraction of sp³-hybridized carbons (Fsp3) is 0.0769. The second kappa shape index (κ2) is 9.22. The smallest absolute Gasteiger partial charge is 0.256 e. The average molecular weight is 460 g/mol. The molecular formula is C26H22ClN3O3. The van der Waals surface area contributed by atoms with Crippen LogP contribution in [0.5, 0.6) is 5.75 Å². The lowest BCUT2D eigenvalue weighted by Crippen LogP contribution is -2.15. The number of benzene rings is 3. The maximum Gasteiger partial charge on any atom is 0.256 e. The Morgan fingerprint density at radius 2 is 1.91 bits per heavy atom. The fourth-order valence-corrected chi connectivity index (χ4v) is 3.73. The summed E-state index contributed by atoms with van der Waals surface area (Å²) in [6.45, 7) is 2.17. The van der Waals surface area contributed by atoms with Gasteiger partial charge in [0.25, 0.3) is 5.91 Å². The molecule has 166 valence electrons. The zero-order valence-electron chi connectivity index (χ0n) is 17.9. The van der Waals surface area contributed by atoms with E-state index >= 15 is 0 Å². The number of hydrogen-bond donors (Lipinski definition) is 2. The third-order valence-electron chi connectivity index (χ3n) is 5.31. The number of furan rings is 1. The maximum atomic E-state index is 13.0. The van der Waals surface area contributed by atoms with E-state index in [4.69, 9.17) is 14.9 Å². The summed E-state index contributed by atoms with van der Waals surface area (Å²) in [7, 11) is 0. The van der Waals surface area contributed by atoms with Gasteiger partial charge in [0.05, 0.1) is 11.8 Å². The molecule has 0 radical (unpaired) electrons. The second-order valence-corrected chi connectivity index (χ2v) is 7.60. The highest BCUT2D eigenvalue weighted by molar-refractivity contribution is 6.06. The second-order valence-electron chi connectivity index (χ2n) is 7.60. The molecule has 0 fully saturated rings. The highest BCUT2D eigenvalue weighted by Gasteiger charge is 2.13. The Bertz CT molecular complexity index is 1460. The SMILES string of the molecule is Cc1cc(N)c2cc(NC(=O)c3ccccc3COc3ccc4occc4c3)ccc2n1.Cl. The molecule has 1 amide bonds. The monoisotopic (exact) mass is 459 g/mol. The predicted octanol–water partition coefficient (Wildman–Crippen LogP) is 6.12. The van der Waals surface area contributed by atoms with Crippen LogP contribution in [-0.4, -0.2) is 10.9 Å². The van der Waals surface area contributed by atoms with Crippen LogP contribution in [0.15, 0.2) is 83.5 Å². The van der Waals surface area contributed by atoms with E-state index in [1.165, 1.54) is 0 Å². The molecule has 5 rings (SSSR count). The van der Waals surface area contributed by atoms with Crippen LogP contribution < -0.4 is 15.8 Å². The Morgan fingerprint density at radius 1 is 1.06 bits per heavy atom. The molecule has 0 saturated carbocycles. The number of rotatable bonds is 5. The lowest BCUT2D eigenvalue weighted by Gasteiger charge is -2.12. The van der Waals surface area contributed by atoms with Gasteiger partial charge in [0.15, 0.2) is 0 Å². The molecule has 0 aliphatic rings. The van der Waals surface area contributed by atoms with Gasteiger partial charge in [-0.05, 0) is 61.5 Å². The minimum absolute atomic E-state index is 0. The molecule has 0 atom stereocenters. The van der Waals surface area contributed by atoms with Crippen molar-refractivity contribution in [2.75, 3.05) is 11.1 Å². The van der Waals surface area contributed by atoms with Gasteiger partial charge >= 0.3 is 0 Å². The zero-order chi connectivity index (χ0) is 22.1. The Labute approximate surface area is 196 Å². The molecule has 3 aromatic carbocycles. The Morgan fingerprint density at radius 3 is 2.79 bits per heavy atom. The quantitative estimate of drug-likeness (QED) is 0.330. The van der Waals surface area contributed by atoms with Crippen molar-refractivity contribution in [2.45, 2.75) is 13.5 Å². The van der Waals surface area contributed by atoms with Gasteiger partial charge in [-0.3, -0.25) is 9.78 Å². The maximum absolute atomic E-state index is 13.0. The number of pyridine rings is 1. The molecule has 0 unspecified atom stereocenters. The van der Waals surface area contributed by atoms with Crippen molar-refractivity contribution in [3.63, 3.8) is 0 Å². The molecule has 7 heteroatoms. The molecule has 33 heavy (non-hydrogen) atoms. The number of ether oxygens (including phenoxy) is 1. The number of aromatic nitrogens is 1. The highest BCUT2D eigenvalue weighted by atomic mass is 35.5. The molecule has 2 heterocycles. The van der Waals surface area contributed by atoms with Gasteiger partial charge in [-0.25, -0.2) is 0 Å². The standard InChI is InChI=1S/C26H21N3O3.ClH/c1-16-12-23(27)22-14-19(6-8-24(22)28-16)29-26(30)21-5-3-2-4-18(21)15-32-20-7-9-25-17(13-20)10-11-31-25;/h2-14H,15H2,1H3,(H2,27,28)(H,29,30);1H. The number of nitrogens with one attached hydrogen (secondary N) is 1. The molecule has 6 nitrogen and oxygen atoms in total. The summed E-state index contributed by atoms with van der Waals surface area (Å²) < 4.78 is 11.3. The Kier molecular flexibility index (Phi) is 6.20. The lowest BCUT2D eigenvalue weighted by atomic mass is 10.1. The van der Waals surface area contributed by atoms with Gasteiger partial charge in [-0.1, -0.05) is 18.2 Å². The summed E-state index contributed by atoms with van der Waals surface area (Å²) in [5.41, 5.74) is 11.2. The van der Waals surface area contributed by atoms with Gasteiger partial charge in [0.1, 0.15) is 17.9 Å². The Hall–Kier alpha value is -4.03. The minimum atomic E-state index is -0.215. The van der Waals surface area contributed by atoms with Crippen LogP contribution in [0.4, 0.5) is 11.4 Å². The largest absolute Gasteiger partial charge is 0.489 e. The third-order valence-corrected chi connectivity index (χ3v) is 5.31. The van der Waals surface area contributed by atoms with Gasteiger partial charge < -0.3 is 20.2 Å². The van der Waals surface area contributed by atoms with Crippen molar-refractivity contribution in [3.8, 4) is 5.75 Å². The molecule has 2 aromatic heterocycles. The predicted molar refractivity (Wildman–Crippen MR) is 133 cm³/mol. The van der Waals surface area contributed by atoms with Crippen molar-refractivity contribution in [2.24, 2.45) is 0 Å². The normalized spacial score (nSPS) is 10.7. The molecular weight excluding hydrogens is 438 g/mol. The van der Waals surface area contributed by atoms with E-state index in [1.54, 1.807) is 12.3 Å². The average Bonchev–Trinajstić information content (AvgIpc) is 3.26. The van der Waals surface area contributed by atoms with Gasteiger partial charge in [-0.15, -0.1) is 12.4 Å². The van der Waals surface area contributed by atoms with Gasteiger partial charge in [0.2, 0.25) is 0 Å². The summed E-state index contributed by atoms with van der Waals surface area (Å²) >= 11 is 0. The first kappa shape index (κ1) is 22.2.